The van der Waals surface area contributed by atoms with Gasteiger partial charge >= 0.3 is 5.97 Å². The maximum Gasteiger partial charge on any atom is 0.337 e. The number of rotatable bonds is 1. The van der Waals surface area contributed by atoms with Crippen LogP contribution >= 0.6 is 0 Å². The molecule has 3 nitrogen and oxygen atoms in total. The minimum Gasteiger partial charge on any atom is -0.511 e. The molecule has 0 radical (unpaired) electrons. The Morgan fingerprint density at radius 1 is 1.24 bits per heavy atom. The summed E-state index contributed by atoms with van der Waals surface area (Å²) in [5.41, 5.74) is 0.589. The van der Waals surface area contributed by atoms with Gasteiger partial charge in [-0.05, 0) is 26.3 Å². The zero-order valence-electron chi connectivity index (χ0n) is 10.2. The molecule has 0 aromatic heterocycles. The molecule has 90 valence electrons. The van der Waals surface area contributed by atoms with E-state index in [1.807, 2.05) is 44.2 Å². The first-order chi connectivity index (χ1) is 7.94. The third kappa shape index (κ3) is 1.82. The van der Waals surface area contributed by atoms with Crippen LogP contribution in [0.25, 0.3) is 0 Å². The van der Waals surface area contributed by atoms with Crippen LogP contribution in [0.4, 0.5) is 0 Å². The summed E-state index contributed by atoms with van der Waals surface area (Å²) >= 11 is 0. The Balaban J connectivity index is 2.48. The van der Waals surface area contributed by atoms with Crippen molar-refractivity contribution in [1.82, 2.24) is 0 Å². The van der Waals surface area contributed by atoms with E-state index in [4.69, 9.17) is 4.74 Å². The van der Waals surface area contributed by atoms with E-state index in [9.17, 15) is 9.90 Å². The maximum atomic E-state index is 11.6. The number of benzene rings is 1. The Morgan fingerprint density at radius 2 is 1.82 bits per heavy atom. The molecule has 0 amide bonds. The molecule has 1 heterocycles. The van der Waals surface area contributed by atoms with Gasteiger partial charge in [-0.3, -0.25) is 0 Å². The van der Waals surface area contributed by atoms with Crippen LogP contribution in [0, 0.1) is 5.41 Å². The molecule has 0 aliphatic carbocycles. The number of carbonyl (C=O) groups is 1. The van der Waals surface area contributed by atoms with Crippen molar-refractivity contribution < 1.29 is 14.6 Å². The minimum absolute atomic E-state index is 0.114. The molecule has 1 aromatic rings. The number of hydrogen-bond donors (Lipinski definition) is 1. The quantitative estimate of drug-likeness (QED) is 0.756. The molecule has 0 bridgehead atoms. The molecule has 1 aliphatic heterocycles. The lowest BCUT2D eigenvalue weighted by Crippen LogP contribution is -2.35. The van der Waals surface area contributed by atoms with Crippen molar-refractivity contribution in [1.29, 1.82) is 0 Å². The van der Waals surface area contributed by atoms with E-state index in [1.54, 1.807) is 6.92 Å². The highest BCUT2D eigenvalue weighted by Crippen LogP contribution is 2.45. The van der Waals surface area contributed by atoms with Crippen LogP contribution in [0.3, 0.4) is 0 Å². The lowest BCUT2D eigenvalue weighted by Gasteiger charge is -2.37. The average Bonchev–Trinajstić information content (AvgIpc) is 2.33. The lowest BCUT2D eigenvalue weighted by atomic mass is 9.77. The third-order valence-corrected chi connectivity index (χ3v) is 3.25. The van der Waals surface area contributed by atoms with Crippen molar-refractivity contribution >= 4 is 5.97 Å². The topological polar surface area (TPSA) is 46.5 Å². The summed E-state index contributed by atoms with van der Waals surface area (Å²) < 4.78 is 5.41. The normalized spacial score (nSPS) is 23.5. The van der Waals surface area contributed by atoms with Gasteiger partial charge in [0.1, 0.15) is 11.9 Å². The van der Waals surface area contributed by atoms with E-state index in [-0.39, 0.29) is 5.76 Å². The number of aliphatic hydroxyl groups excluding tert-OH is 1. The van der Waals surface area contributed by atoms with Gasteiger partial charge in [-0.2, -0.15) is 0 Å². The number of ether oxygens (including phenoxy) is 1. The van der Waals surface area contributed by atoms with Gasteiger partial charge in [-0.1, -0.05) is 30.3 Å². The first-order valence-corrected chi connectivity index (χ1v) is 5.61. The third-order valence-electron chi connectivity index (χ3n) is 3.25. The highest BCUT2D eigenvalue weighted by molar-refractivity contribution is 5.89. The maximum absolute atomic E-state index is 11.6. The molecule has 0 saturated carbocycles. The van der Waals surface area contributed by atoms with Gasteiger partial charge in [-0.15, -0.1) is 0 Å². The van der Waals surface area contributed by atoms with Gasteiger partial charge in [0.15, 0.2) is 0 Å². The van der Waals surface area contributed by atoms with Crippen molar-refractivity contribution in [2.24, 2.45) is 5.41 Å². The van der Waals surface area contributed by atoms with Gasteiger partial charge in [0.2, 0.25) is 0 Å². The Labute approximate surface area is 101 Å². The van der Waals surface area contributed by atoms with E-state index in [2.05, 4.69) is 0 Å². The highest BCUT2D eigenvalue weighted by atomic mass is 16.5. The molecule has 1 N–H and O–H groups in total. The van der Waals surface area contributed by atoms with Crippen molar-refractivity contribution in [3.63, 3.8) is 0 Å². The van der Waals surface area contributed by atoms with E-state index in [0.717, 1.165) is 5.56 Å². The van der Waals surface area contributed by atoms with Gasteiger partial charge in [0.25, 0.3) is 0 Å². The summed E-state index contributed by atoms with van der Waals surface area (Å²) in [4.78, 5) is 11.6. The van der Waals surface area contributed by atoms with Crippen LogP contribution in [0.1, 0.15) is 32.4 Å². The number of hydrogen-bond acceptors (Lipinski definition) is 3. The SMILES string of the molecule is CC1=C(O)C(C)(C)C(c2ccccc2)OC1=O. The smallest absolute Gasteiger partial charge is 0.337 e. The standard InChI is InChI=1S/C14H16O3/c1-9-11(15)14(2,3)12(17-13(9)16)10-7-5-4-6-8-10/h4-8,12,15H,1-3H3. The van der Waals surface area contributed by atoms with Crippen molar-refractivity contribution in [2.45, 2.75) is 26.9 Å². The molecule has 0 spiro atoms. The van der Waals surface area contributed by atoms with Crippen LogP contribution < -0.4 is 0 Å². The Morgan fingerprint density at radius 3 is 2.41 bits per heavy atom. The second-order valence-electron chi connectivity index (χ2n) is 4.89. The number of esters is 1. The number of cyclic esters (lactones) is 1. The summed E-state index contributed by atoms with van der Waals surface area (Å²) in [6.07, 6.45) is -0.445. The molecule has 1 aliphatic rings. The van der Waals surface area contributed by atoms with Gasteiger partial charge in [-0.25, -0.2) is 4.79 Å². The van der Waals surface area contributed by atoms with E-state index in [1.165, 1.54) is 0 Å². The van der Waals surface area contributed by atoms with Crippen LogP contribution in [0.2, 0.25) is 0 Å². The fourth-order valence-electron chi connectivity index (χ4n) is 2.16. The summed E-state index contributed by atoms with van der Waals surface area (Å²) in [5, 5.41) is 10.1. The minimum atomic E-state index is -0.598. The first kappa shape index (κ1) is 11.7. The fraction of sp³-hybridized carbons (Fsp3) is 0.357. The summed E-state index contributed by atoms with van der Waals surface area (Å²) in [6, 6.07) is 9.48. The molecule has 0 saturated heterocycles. The second kappa shape index (κ2) is 3.91. The molecule has 3 heteroatoms. The fourth-order valence-corrected chi connectivity index (χ4v) is 2.16. The first-order valence-electron chi connectivity index (χ1n) is 5.61. The molecule has 2 rings (SSSR count). The molecule has 0 fully saturated rings. The van der Waals surface area contributed by atoms with E-state index >= 15 is 0 Å². The second-order valence-corrected chi connectivity index (χ2v) is 4.89. The van der Waals surface area contributed by atoms with Crippen LogP contribution in [0.5, 0.6) is 0 Å². The molecular weight excluding hydrogens is 216 g/mol. The van der Waals surface area contributed by atoms with Gasteiger partial charge in [0, 0.05) is 0 Å². The highest BCUT2D eigenvalue weighted by Gasteiger charge is 2.43. The Bertz CT molecular complexity index is 472. The summed E-state index contributed by atoms with van der Waals surface area (Å²) in [5.74, 6) is -0.335. The zero-order chi connectivity index (χ0) is 12.6. The molecule has 17 heavy (non-hydrogen) atoms. The van der Waals surface area contributed by atoms with Crippen LogP contribution in [0.15, 0.2) is 41.7 Å². The van der Waals surface area contributed by atoms with E-state index in [0.29, 0.717) is 5.57 Å². The predicted molar refractivity (Wildman–Crippen MR) is 64.4 cm³/mol. The molecule has 1 atom stereocenters. The van der Waals surface area contributed by atoms with Gasteiger partial charge in [0.05, 0.1) is 11.0 Å². The molecule has 1 aromatic carbocycles. The summed E-state index contributed by atoms with van der Waals surface area (Å²) in [7, 11) is 0. The largest absolute Gasteiger partial charge is 0.511 e. The molecule has 1 unspecified atom stereocenters. The predicted octanol–water partition coefficient (Wildman–Crippen LogP) is 3.14. The average molecular weight is 232 g/mol. The van der Waals surface area contributed by atoms with Crippen molar-refractivity contribution in [3.8, 4) is 0 Å². The number of aliphatic hydroxyl groups is 1. The van der Waals surface area contributed by atoms with Crippen LogP contribution in [-0.4, -0.2) is 11.1 Å². The van der Waals surface area contributed by atoms with E-state index < -0.39 is 17.5 Å². The number of carbonyl (C=O) groups excluding carboxylic acids is 1. The van der Waals surface area contributed by atoms with Gasteiger partial charge < -0.3 is 9.84 Å². The molecular formula is C14H16O3. The monoisotopic (exact) mass is 232 g/mol. The van der Waals surface area contributed by atoms with Crippen LogP contribution in [-0.2, 0) is 9.53 Å². The Kier molecular flexibility index (Phi) is 2.69. The zero-order valence-corrected chi connectivity index (χ0v) is 10.2. The Hall–Kier alpha value is -1.77. The lowest BCUT2D eigenvalue weighted by molar-refractivity contribution is -0.155. The van der Waals surface area contributed by atoms with Crippen molar-refractivity contribution in [2.75, 3.05) is 0 Å². The van der Waals surface area contributed by atoms with Crippen molar-refractivity contribution in [3.05, 3.63) is 47.2 Å². The summed E-state index contributed by atoms with van der Waals surface area (Å²) in [6.45, 7) is 5.33.